The van der Waals surface area contributed by atoms with Crippen molar-refractivity contribution in [2.75, 3.05) is 25.0 Å². The number of ether oxygens (including phenoxy) is 1. The second kappa shape index (κ2) is 13.1. The second-order valence-electron chi connectivity index (χ2n) is 9.82. The summed E-state index contributed by atoms with van der Waals surface area (Å²) in [5, 5.41) is 3.13. The summed E-state index contributed by atoms with van der Waals surface area (Å²) in [6, 6.07) is 26.8. The van der Waals surface area contributed by atoms with Gasteiger partial charge in [-0.05, 0) is 74.5 Å². The summed E-state index contributed by atoms with van der Waals surface area (Å²) >= 11 is 0. The van der Waals surface area contributed by atoms with E-state index in [9.17, 15) is 4.79 Å². The first kappa shape index (κ1) is 25.8. The van der Waals surface area contributed by atoms with Crippen LogP contribution < -0.4 is 10.1 Å². The number of para-hydroxylation sites is 1. The molecule has 3 aromatic carbocycles. The van der Waals surface area contributed by atoms with Crippen LogP contribution in [0.1, 0.15) is 49.3 Å². The summed E-state index contributed by atoms with van der Waals surface area (Å²) in [5.41, 5.74) is 4.16. The Morgan fingerprint density at radius 3 is 2.47 bits per heavy atom. The zero-order chi connectivity index (χ0) is 25.2. The molecule has 1 saturated heterocycles. The lowest BCUT2D eigenvalue weighted by molar-refractivity contribution is 0.150. The standard InChI is InChI=1S/C31H39N3O2/c1-25-11-6-7-15-30(25)32-31(35)34(22-10-21-33-20-9-8-12-26(33)2)23-27-16-18-29(19-17-27)36-24-28-13-4-3-5-14-28/h3-7,11,13-19,26H,8-10,12,20-24H2,1-2H3,(H,32,35). The number of benzene rings is 3. The molecule has 3 aromatic rings. The maximum Gasteiger partial charge on any atom is 0.322 e. The van der Waals surface area contributed by atoms with E-state index in [2.05, 4.69) is 41.4 Å². The minimum Gasteiger partial charge on any atom is -0.489 e. The molecule has 1 fully saturated rings. The maximum absolute atomic E-state index is 13.3. The van der Waals surface area contributed by atoms with Gasteiger partial charge in [-0.2, -0.15) is 0 Å². The van der Waals surface area contributed by atoms with E-state index in [0.717, 1.165) is 41.1 Å². The summed E-state index contributed by atoms with van der Waals surface area (Å²) in [7, 11) is 0. The molecule has 0 spiro atoms. The van der Waals surface area contributed by atoms with Crippen LogP contribution in [0.25, 0.3) is 0 Å². The third-order valence-corrected chi connectivity index (χ3v) is 7.03. The predicted molar refractivity (Wildman–Crippen MR) is 147 cm³/mol. The summed E-state index contributed by atoms with van der Waals surface area (Å²) < 4.78 is 5.94. The second-order valence-corrected chi connectivity index (χ2v) is 9.82. The molecule has 5 heteroatoms. The van der Waals surface area contributed by atoms with Gasteiger partial charge in [0.25, 0.3) is 0 Å². The van der Waals surface area contributed by atoms with Crippen LogP contribution in [0.3, 0.4) is 0 Å². The number of likely N-dealkylation sites (tertiary alicyclic amines) is 1. The molecule has 1 heterocycles. The summed E-state index contributed by atoms with van der Waals surface area (Å²) in [5.74, 6) is 0.831. The van der Waals surface area contributed by atoms with Crippen molar-refractivity contribution in [3.63, 3.8) is 0 Å². The zero-order valence-electron chi connectivity index (χ0n) is 21.7. The van der Waals surface area contributed by atoms with Crippen molar-refractivity contribution in [2.24, 2.45) is 0 Å². The number of hydrogen-bond donors (Lipinski definition) is 1. The van der Waals surface area contributed by atoms with Gasteiger partial charge in [0.1, 0.15) is 12.4 Å². The Morgan fingerprint density at radius 2 is 1.72 bits per heavy atom. The summed E-state index contributed by atoms with van der Waals surface area (Å²) in [4.78, 5) is 17.8. The highest BCUT2D eigenvalue weighted by atomic mass is 16.5. The van der Waals surface area contributed by atoms with Crippen LogP contribution >= 0.6 is 0 Å². The first-order chi connectivity index (χ1) is 17.6. The van der Waals surface area contributed by atoms with Crippen LogP contribution in [0.5, 0.6) is 5.75 Å². The number of carbonyl (C=O) groups is 1. The lowest BCUT2D eigenvalue weighted by atomic mass is 10.0. The number of carbonyl (C=O) groups excluding carboxylic acids is 1. The molecule has 0 saturated carbocycles. The average molecular weight is 486 g/mol. The van der Waals surface area contributed by atoms with E-state index in [1.54, 1.807) is 0 Å². The Kier molecular flexibility index (Phi) is 9.40. The highest BCUT2D eigenvalue weighted by Crippen LogP contribution is 2.19. The monoisotopic (exact) mass is 485 g/mol. The highest BCUT2D eigenvalue weighted by molar-refractivity contribution is 5.90. The van der Waals surface area contributed by atoms with Crippen LogP contribution in [-0.2, 0) is 13.2 Å². The van der Waals surface area contributed by atoms with Crippen molar-refractivity contribution >= 4 is 11.7 Å². The fraction of sp³-hybridized carbons (Fsp3) is 0.387. The fourth-order valence-electron chi connectivity index (χ4n) is 4.77. The molecule has 1 unspecified atom stereocenters. The van der Waals surface area contributed by atoms with Crippen LogP contribution in [0.2, 0.25) is 0 Å². The van der Waals surface area contributed by atoms with Gasteiger partial charge in [-0.25, -0.2) is 4.79 Å². The molecular weight excluding hydrogens is 446 g/mol. The van der Waals surface area contributed by atoms with Crippen molar-refractivity contribution < 1.29 is 9.53 Å². The van der Waals surface area contributed by atoms with E-state index in [0.29, 0.717) is 25.7 Å². The fourth-order valence-corrected chi connectivity index (χ4v) is 4.77. The molecule has 0 bridgehead atoms. The number of anilines is 1. The Balaban J connectivity index is 1.37. The van der Waals surface area contributed by atoms with Crippen LogP contribution in [0.15, 0.2) is 78.9 Å². The van der Waals surface area contributed by atoms with Crippen molar-refractivity contribution in [1.82, 2.24) is 9.80 Å². The molecular formula is C31H39N3O2. The number of aryl methyl sites for hydroxylation is 1. The molecule has 36 heavy (non-hydrogen) atoms. The summed E-state index contributed by atoms with van der Waals surface area (Å²) in [6.07, 6.45) is 4.84. The Bertz CT molecular complexity index is 1080. The molecule has 1 atom stereocenters. The molecule has 0 aliphatic carbocycles. The molecule has 190 valence electrons. The van der Waals surface area contributed by atoms with Gasteiger partial charge < -0.3 is 19.9 Å². The van der Waals surface area contributed by atoms with E-state index in [1.165, 1.54) is 25.8 Å². The van der Waals surface area contributed by atoms with Crippen LogP contribution in [0.4, 0.5) is 10.5 Å². The van der Waals surface area contributed by atoms with Gasteiger partial charge in [-0.15, -0.1) is 0 Å². The predicted octanol–water partition coefficient (Wildman–Crippen LogP) is 6.87. The molecule has 4 rings (SSSR count). The van der Waals surface area contributed by atoms with Gasteiger partial charge in [0.05, 0.1) is 0 Å². The van der Waals surface area contributed by atoms with E-state index in [1.807, 2.05) is 66.4 Å². The van der Waals surface area contributed by atoms with Crippen molar-refractivity contribution in [3.8, 4) is 5.75 Å². The first-order valence-corrected chi connectivity index (χ1v) is 13.2. The highest BCUT2D eigenvalue weighted by Gasteiger charge is 2.19. The van der Waals surface area contributed by atoms with E-state index in [4.69, 9.17) is 4.74 Å². The van der Waals surface area contributed by atoms with E-state index >= 15 is 0 Å². The van der Waals surface area contributed by atoms with Gasteiger partial charge in [0, 0.05) is 31.4 Å². The average Bonchev–Trinajstić information content (AvgIpc) is 2.90. The lowest BCUT2D eigenvalue weighted by Crippen LogP contribution is -2.40. The zero-order valence-corrected chi connectivity index (χ0v) is 21.7. The Morgan fingerprint density at radius 1 is 0.972 bits per heavy atom. The van der Waals surface area contributed by atoms with Crippen molar-refractivity contribution in [1.29, 1.82) is 0 Å². The number of nitrogens with one attached hydrogen (secondary N) is 1. The third-order valence-electron chi connectivity index (χ3n) is 7.03. The molecule has 0 radical (unpaired) electrons. The minimum atomic E-state index is -0.0552. The number of hydrogen-bond acceptors (Lipinski definition) is 3. The van der Waals surface area contributed by atoms with Gasteiger partial charge >= 0.3 is 6.03 Å². The van der Waals surface area contributed by atoms with Crippen molar-refractivity contribution in [3.05, 3.63) is 95.6 Å². The Labute approximate surface area is 216 Å². The topological polar surface area (TPSA) is 44.8 Å². The Hall–Kier alpha value is -3.31. The molecule has 1 aliphatic rings. The maximum atomic E-state index is 13.3. The number of amides is 2. The van der Waals surface area contributed by atoms with E-state index < -0.39 is 0 Å². The van der Waals surface area contributed by atoms with Crippen LogP contribution in [0, 0.1) is 6.92 Å². The summed E-state index contributed by atoms with van der Waals surface area (Å²) in [6.45, 7) is 8.36. The SMILES string of the molecule is Cc1ccccc1NC(=O)N(CCCN1CCCCC1C)Cc1ccc(OCc2ccccc2)cc1. The first-order valence-electron chi connectivity index (χ1n) is 13.2. The number of rotatable bonds is 10. The van der Waals surface area contributed by atoms with Gasteiger partial charge in [-0.1, -0.05) is 67.1 Å². The van der Waals surface area contributed by atoms with Gasteiger partial charge in [-0.3, -0.25) is 0 Å². The molecule has 1 N–H and O–H groups in total. The van der Waals surface area contributed by atoms with Crippen molar-refractivity contribution in [2.45, 2.75) is 58.7 Å². The quantitative estimate of drug-likeness (QED) is 0.341. The lowest BCUT2D eigenvalue weighted by Gasteiger charge is -2.34. The van der Waals surface area contributed by atoms with Gasteiger partial charge in [0.2, 0.25) is 0 Å². The van der Waals surface area contributed by atoms with E-state index in [-0.39, 0.29) is 6.03 Å². The minimum absolute atomic E-state index is 0.0552. The molecule has 1 aliphatic heterocycles. The van der Waals surface area contributed by atoms with Gasteiger partial charge in [0.15, 0.2) is 0 Å². The molecule has 0 aromatic heterocycles. The van der Waals surface area contributed by atoms with Crippen LogP contribution in [-0.4, -0.2) is 41.5 Å². The number of nitrogens with zero attached hydrogens (tertiary/aromatic N) is 2. The normalized spacial score (nSPS) is 15.9. The largest absolute Gasteiger partial charge is 0.489 e. The number of urea groups is 1. The molecule has 2 amide bonds. The third kappa shape index (κ3) is 7.59. The smallest absolute Gasteiger partial charge is 0.322 e. The number of piperidine rings is 1. The molecule has 5 nitrogen and oxygen atoms in total.